The van der Waals surface area contributed by atoms with Crippen LogP contribution in [0.4, 0.5) is 0 Å². The molecule has 0 saturated heterocycles. The van der Waals surface area contributed by atoms with Crippen molar-refractivity contribution in [2.24, 2.45) is 5.73 Å². The van der Waals surface area contributed by atoms with E-state index in [0.29, 0.717) is 26.4 Å². The Morgan fingerprint density at radius 1 is 0.633 bits per heavy atom. The summed E-state index contributed by atoms with van der Waals surface area (Å²) in [6.45, 7) is 21.8. The fourth-order valence-electron chi connectivity index (χ4n) is 4.75. The number of hydrogen-bond acceptors (Lipinski definition) is 6. The Kier molecular flexibility index (Phi) is 16.9. The molecule has 0 saturated carbocycles. The molecule has 0 aromatic carbocycles. The molecule has 0 aliphatic rings. The zero-order valence-electron chi connectivity index (χ0n) is 21.3. The van der Waals surface area contributed by atoms with Gasteiger partial charge in [-0.05, 0) is 79.6 Å². The lowest BCUT2D eigenvalue weighted by atomic mass is 10.2. The van der Waals surface area contributed by atoms with Crippen molar-refractivity contribution in [2.75, 3.05) is 39.5 Å². The van der Waals surface area contributed by atoms with Crippen LogP contribution < -0.4 is 5.73 Å². The SMILES string of the molecule is CCO[Si](C)(OCC)C(CC)N(CCCCCCN)C(CC)[Si](C)(OCC)OCC. The van der Waals surface area contributed by atoms with Gasteiger partial charge in [-0.2, -0.15) is 0 Å². The van der Waals surface area contributed by atoms with Crippen LogP contribution in [0.1, 0.15) is 80.1 Å². The summed E-state index contributed by atoms with van der Waals surface area (Å²) in [6, 6.07) is 0. The Bertz CT molecular complexity index is 377. The van der Waals surface area contributed by atoms with E-state index in [1.165, 1.54) is 12.8 Å². The highest BCUT2D eigenvalue weighted by Crippen LogP contribution is 2.30. The van der Waals surface area contributed by atoms with Gasteiger partial charge in [-0.3, -0.25) is 4.90 Å². The van der Waals surface area contributed by atoms with Crippen LogP contribution in [0.5, 0.6) is 0 Å². The molecule has 0 amide bonds. The van der Waals surface area contributed by atoms with Gasteiger partial charge in [0.25, 0.3) is 0 Å². The van der Waals surface area contributed by atoms with Crippen LogP contribution in [0.25, 0.3) is 0 Å². The molecule has 182 valence electrons. The Hall–Kier alpha value is 0.194. The molecule has 0 aliphatic carbocycles. The maximum Gasteiger partial charge on any atom is 0.352 e. The molecular formula is C22H52N2O4Si2. The molecule has 30 heavy (non-hydrogen) atoms. The lowest BCUT2D eigenvalue weighted by molar-refractivity contribution is 0.0868. The first kappa shape index (κ1) is 30.2. The second-order valence-corrected chi connectivity index (χ2v) is 14.6. The molecule has 0 rings (SSSR count). The van der Waals surface area contributed by atoms with Crippen molar-refractivity contribution in [1.82, 2.24) is 4.90 Å². The fraction of sp³-hybridized carbons (Fsp3) is 1.00. The minimum absolute atomic E-state index is 0.268. The summed E-state index contributed by atoms with van der Waals surface area (Å²) in [5.74, 6) is 0. The van der Waals surface area contributed by atoms with Gasteiger partial charge in [-0.15, -0.1) is 0 Å². The first-order valence-electron chi connectivity index (χ1n) is 12.3. The number of unbranched alkanes of at least 4 members (excludes halogenated alkanes) is 3. The molecule has 2 unspecified atom stereocenters. The minimum Gasteiger partial charge on any atom is -0.394 e. The fourth-order valence-corrected chi connectivity index (χ4v) is 11.4. The highest BCUT2D eigenvalue weighted by molar-refractivity contribution is 6.69. The third-order valence-electron chi connectivity index (χ3n) is 5.88. The molecule has 0 spiro atoms. The van der Waals surface area contributed by atoms with Crippen LogP contribution in [-0.4, -0.2) is 72.9 Å². The minimum atomic E-state index is -2.40. The van der Waals surface area contributed by atoms with Crippen molar-refractivity contribution in [2.45, 2.75) is 104 Å². The summed E-state index contributed by atoms with van der Waals surface area (Å²) < 4.78 is 25.5. The van der Waals surface area contributed by atoms with E-state index in [4.69, 9.17) is 23.4 Å². The largest absolute Gasteiger partial charge is 0.394 e. The Morgan fingerprint density at radius 2 is 1.00 bits per heavy atom. The van der Waals surface area contributed by atoms with Crippen molar-refractivity contribution in [3.8, 4) is 0 Å². The van der Waals surface area contributed by atoms with E-state index >= 15 is 0 Å². The normalized spacial score (nSPS) is 15.0. The van der Waals surface area contributed by atoms with Crippen LogP contribution in [0.2, 0.25) is 13.1 Å². The Morgan fingerprint density at radius 3 is 1.30 bits per heavy atom. The van der Waals surface area contributed by atoms with Crippen LogP contribution in [0, 0.1) is 0 Å². The van der Waals surface area contributed by atoms with Gasteiger partial charge in [0.2, 0.25) is 0 Å². The summed E-state index contributed by atoms with van der Waals surface area (Å²) in [5, 5.41) is 0. The zero-order valence-corrected chi connectivity index (χ0v) is 23.3. The second kappa shape index (κ2) is 16.8. The van der Waals surface area contributed by atoms with E-state index in [2.05, 4.69) is 59.5 Å². The molecule has 0 aromatic heterocycles. The van der Waals surface area contributed by atoms with E-state index in [1.807, 2.05) is 0 Å². The van der Waals surface area contributed by atoms with E-state index in [9.17, 15) is 0 Å². The smallest absolute Gasteiger partial charge is 0.352 e. The van der Waals surface area contributed by atoms with Gasteiger partial charge in [-0.25, -0.2) is 0 Å². The van der Waals surface area contributed by atoms with Gasteiger partial charge >= 0.3 is 17.1 Å². The maximum absolute atomic E-state index is 6.37. The molecule has 2 atom stereocenters. The van der Waals surface area contributed by atoms with Crippen molar-refractivity contribution in [3.05, 3.63) is 0 Å². The number of hydrogen-bond donors (Lipinski definition) is 1. The molecule has 0 radical (unpaired) electrons. The number of nitrogens with two attached hydrogens (primary N) is 1. The monoisotopic (exact) mass is 464 g/mol. The van der Waals surface area contributed by atoms with E-state index < -0.39 is 17.1 Å². The summed E-state index contributed by atoms with van der Waals surface area (Å²) in [4.78, 5) is 2.66. The van der Waals surface area contributed by atoms with Crippen molar-refractivity contribution >= 4 is 17.1 Å². The van der Waals surface area contributed by atoms with Gasteiger partial charge in [-0.1, -0.05) is 26.7 Å². The lowest BCUT2D eigenvalue weighted by Crippen LogP contribution is -2.67. The zero-order chi connectivity index (χ0) is 23.0. The number of rotatable bonds is 20. The van der Waals surface area contributed by atoms with Crippen molar-refractivity contribution in [3.63, 3.8) is 0 Å². The topological polar surface area (TPSA) is 66.2 Å². The predicted octanol–water partition coefficient (Wildman–Crippen LogP) is 4.73. The maximum atomic E-state index is 6.37. The summed E-state index contributed by atoms with van der Waals surface area (Å²) >= 11 is 0. The molecule has 0 aliphatic heterocycles. The van der Waals surface area contributed by atoms with E-state index in [0.717, 1.165) is 38.8 Å². The summed E-state index contributed by atoms with van der Waals surface area (Å²) in [5.41, 5.74) is 6.23. The number of nitrogens with zero attached hydrogens (tertiary/aromatic N) is 1. The molecule has 6 nitrogen and oxygen atoms in total. The van der Waals surface area contributed by atoms with Gasteiger partial charge in [0, 0.05) is 26.4 Å². The third-order valence-corrected chi connectivity index (χ3v) is 13.2. The van der Waals surface area contributed by atoms with E-state index in [1.54, 1.807) is 0 Å². The predicted molar refractivity (Wildman–Crippen MR) is 132 cm³/mol. The highest BCUT2D eigenvalue weighted by atomic mass is 28.4. The lowest BCUT2D eigenvalue weighted by Gasteiger charge is -2.48. The average Bonchev–Trinajstić information content (AvgIpc) is 2.69. The second-order valence-electron chi connectivity index (χ2n) is 8.05. The molecule has 0 heterocycles. The van der Waals surface area contributed by atoms with E-state index in [-0.39, 0.29) is 11.3 Å². The van der Waals surface area contributed by atoms with Crippen LogP contribution in [0.3, 0.4) is 0 Å². The average molecular weight is 465 g/mol. The molecule has 8 heteroatoms. The first-order valence-corrected chi connectivity index (χ1v) is 17.1. The van der Waals surface area contributed by atoms with Gasteiger partial charge in [0.05, 0.1) is 11.3 Å². The standard InChI is InChI=1S/C22H52N2O4Si2/c1-9-21(29(7,25-11-3)26-12-4)24(20-18-16-15-17-19-23)22(10-2)30(8,27-13-5)28-14-6/h21-22H,9-20,23H2,1-8H3. The molecule has 0 aromatic rings. The molecule has 0 fully saturated rings. The quantitative estimate of drug-likeness (QED) is 0.207. The molecule has 2 N–H and O–H groups in total. The van der Waals surface area contributed by atoms with Crippen LogP contribution >= 0.6 is 0 Å². The molecule has 0 bridgehead atoms. The molecular weight excluding hydrogens is 412 g/mol. The summed E-state index contributed by atoms with van der Waals surface area (Å²) in [7, 11) is -4.81. The van der Waals surface area contributed by atoms with Crippen LogP contribution in [0.15, 0.2) is 0 Å². The van der Waals surface area contributed by atoms with Crippen molar-refractivity contribution in [1.29, 1.82) is 0 Å². The van der Waals surface area contributed by atoms with Crippen molar-refractivity contribution < 1.29 is 17.7 Å². The third kappa shape index (κ3) is 9.36. The van der Waals surface area contributed by atoms with Gasteiger partial charge in [0.15, 0.2) is 0 Å². The van der Waals surface area contributed by atoms with Gasteiger partial charge in [0.1, 0.15) is 0 Å². The highest BCUT2D eigenvalue weighted by Gasteiger charge is 2.51. The summed E-state index contributed by atoms with van der Waals surface area (Å²) in [6.07, 6.45) is 6.65. The Labute approximate surface area is 189 Å². The first-order chi connectivity index (χ1) is 14.3. The van der Waals surface area contributed by atoms with Gasteiger partial charge < -0.3 is 23.4 Å². The van der Waals surface area contributed by atoms with Crippen LogP contribution in [-0.2, 0) is 17.7 Å². The Balaban J connectivity index is 5.97.